The van der Waals surface area contributed by atoms with Gasteiger partial charge < -0.3 is 9.64 Å². The van der Waals surface area contributed by atoms with Gasteiger partial charge >= 0.3 is 5.97 Å². The number of carbonyl (C=O) groups excluding carboxylic acids is 1. The average Bonchev–Trinajstić information content (AvgIpc) is 2.92. The summed E-state index contributed by atoms with van der Waals surface area (Å²) >= 11 is 1.68. The van der Waals surface area contributed by atoms with Crippen LogP contribution in [0.5, 0.6) is 0 Å². The van der Waals surface area contributed by atoms with Crippen LogP contribution >= 0.6 is 11.3 Å². The van der Waals surface area contributed by atoms with Gasteiger partial charge in [0.25, 0.3) is 0 Å². The molecular formula is C14H22N2O2S. The molecule has 5 heteroatoms. The molecule has 2 heterocycles. The van der Waals surface area contributed by atoms with Crippen LogP contribution in [0.25, 0.3) is 0 Å². The van der Waals surface area contributed by atoms with Crippen LogP contribution in [0.4, 0.5) is 5.13 Å². The van der Waals surface area contributed by atoms with Crippen molar-refractivity contribution in [1.82, 2.24) is 4.98 Å². The van der Waals surface area contributed by atoms with Crippen molar-refractivity contribution in [2.24, 2.45) is 0 Å². The first-order valence-corrected chi connectivity index (χ1v) is 7.78. The Morgan fingerprint density at radius 3 is 3.00 bits per heavy atom. The lowest BCUT2D eigenvalue weighted by Gasteiger charge is -2.31. The predicted molar refractivity (Wildman–Crippen MR) is 77.7 cm³/mol. The molecule has 4 nitrogen and oxygen atoms in total. The van der Waals surface area contributed by atoms with Crippen molar-refractivity contribution in [2.75, 3.05) is 18.1 Å². The third kappa shape index (κ3) is 3.47. The van der Waals surface area contributed by atoms with Crippen LogP contribution < -0.4 is 4.90 Å². The van der Waals surface area contributed by atoms with Crippen LogP contribution in [0.1, 0.15) is 45.7 Å². The Morgan fingerprint density at radius 1 is 1.58 bits per heavy atom. The highest BCUT2D eigenvalue weighted by atomic mass is 32.1. The molecule has 0 bridgehead atoms. The fourth-order valence-corrected chi connectivity index (χ4v) is 3.51. The number of nitrogens with zero attached hydrogens (tertiary/aromatic N) is 2. The minimum atomic E-state index is -0.140. The summed E-state index contributed by atoms with van der Waals surface area (Å²) in [7, 11) is 0. The molecule has 0 N–H and O–H groups in total. The maximum absolute atomic E-state index is 11.3. The fraction of sp³-hybridized carbons (Fsp3) is 0.714. The Balaban J connectivity index is 1.94. The van der Waals surface area contributed by atoms with E-state index in [-0.39, 0.29) is 11.5 Å². The molecule has 0 aliphatic carbocycles. The maximum atomic E-state index is 11.3. The highest BCUT2D eigenvalue weighted by molar-refractivity contribution is 7.13. The van der Waals surface area contributed by atoms with E-state index >= 15 is 0 Å². The van der Waals surface area contributed by atoms with E-state index in [1.165, 1.54) is 12.8 Å². The largest absolute Gasteiger partial charge is 0.466 e. The Morgan fingerprint density at radius 2 is 2.37 bits per heavy atom. The normalized spacial score (nSPS) is 17.7. The van der Waals surface area contributed by atoms with Gasteiger partial charge in [-0.05, 0) is 33.6 Å². The number of aryl methyl sites for hydroxylation is 1. The zero-order valence-electron chi connectivity index (χ0n) is 11.9. The Labute approximate surface area is 118 Å². The van der Waals surface area contributed by atoms with Crippen LogP contribution in [-0.2, 0) is 16.0 Å². The van der Waals surface area contributed by atoms with Gasteiger partial charge in [0.05, 0.1) is 18.7 Å². The van der Waals surface area contributed by atoms with E-state index in [9.17, 15) is 4.79 Å². The summed E-state index contributed by atoms with van der Waals surface area (Å²) in [5.74, 6) is -0.140. The van der Waals surface area contributed by atoms with Gasteiger partial charge in [-0.2, -0.15) is 0 Å². The van der Waals surface area contributed by atoms with Crippen molar-refractivity contribution in [3.05, 3.63) is 11.1 Å². The lowest BCUT2D eigenvalue weighted by molar-refractivity contribution is -0.143. The minimum absolute atomic E-state index is 0.140. The van der Waals surface area contributed by atoms with Gasteiger partial charge in [-0.15, -0.1) is 11.3 Å². The summed E-state index contributed by atoms with van der Waals surface area (Å²) in [6.07, 6.45) is 3.53. The van der Waals surface area contributed by atoms with E-state index in [1.54, 1.807) is 11.3 Å². The topological polar surface area (TPSA) is 42.4 Å². The molecule has 1 aliphatic rings. The highest BCUT2D eigenvalue weighted by Crippen LogP contribution is 2.35. The summed E-state index contributed by atoms with van der Waals surface area (Å²) in [4.78, 5) is 18.4. The molecule has 0 radical (unpaired) electrons. The van der Waals surface area contributed by atoms with Gasteiger partial charge in [-0.3, -0.25) is 4.79 Å². The van der Waals surface area contributed by atoms with Gasteiger partial charge in [0.1, 0.15) is 0 Å². The summed E-state index contributed by atoms with van der Waals surface area (Å²) in [6.45, 7) is 7.88. The first-order valence-electron chi connectivity index (χ1n) is 6.90. The fourth-order valence-electron chi connectivity index (χ4n) is 2.46. The molecule has 2 rings (SSSR count). The molecule has 1 fully saturated rings. The zero-order chi connectivity index (χ0) is 13.9. The standard InChI is InChI=1S/C14H22N2O2S/c1-4-18-12(17)7-6-11-10-19-13(15-11)16-9-5-8-14(16,2)3/h10H,4-9H2,1-3H3. The van der Waals surface area contributed by atoms with Crippen molar-refractivity contribution >= 4 is 22.4 Å². The highest BCUT2D eigenvalue weighted by Gasteiger charge is 2.33. The van der Waals surface area contributed by atoms with E-state index in [0.717, 1.165) is 17.4 Å². The van der Waals surface area contributed by atoms with Crippen molar-refractivity contribution in [1.29, 1.82) is 0 Å². The summed E-state index contributed by atoms with van der Waals surface area (Å²) < 4.78 is 4.93. The smallest absolute Gasteiger partial charge is 0.306 e. The van der Waals surface area contributed by atoms with Gasteiger partial charge in [-0.1, -0.05) is 0 Å². The van der Waals surface area contributed by atoms with Crippen LogP contribution in [0.3, 0.4) is 0 Å². The number of thiazole rings is 1. The average molecular weight is 282 g/mol. The molecule has 106 valence electrons. The number of ether oxygens (including phenoxy) is 1. The molecule has 0 atom stereocenters. The Hall–Kier alpha value is -1.10. The van der Waals surface area contributed by atoms with E-state index < -0.39 is 0 Å². The third-order valence-electron chi connectivity index (χ3n) is 3.56. The van der Waals surface area contributed by atoms with Crippen molar-refractivity contribution in [3.8, 4) is 0 Å². The molecule has 19 heavy (non-hydrogen) atoms. The van der Waals surface area contributed by atoms with Crippen molar-refractivity contribution in [2.45, 2.75) is 52.0 Å². The van der Waals surface area contributed by atoms with E-state index in [2.05, 4.69) is 29.1 Å². The molecule has 0 unspecified atom stereocenters. The van der Waals surface area contributed by atoms with Gasteiger partial charge in [-0.25, -0.2) is 4.98 Å². The third-order valence-corrected chi connectivity index (χ3v) is 4.47. The van der Waals surface area contributed by atoms with Gasteiger partial charge in [0, 0.05) is 23.9 Å². The Kier molecular flexibility index (Phi) is 4.45. The molecule has 1 aliphatic heterocycles. The molecule has 1 saturated heterocycles. The van der Waals surface area contributed by atoms with E-state index in [1.807, 2.05) is 6.92 Å². The number of hydrogen-bond donors (Lipinski definition) is 0. The van der Waals surface area contributed by atoms with Crippen LogP contribution in [-0.4, -0.2) is 29.6 Å². The van der Waals surface area contributed by atoms with Gasteiger partial charge in [0.2, 0.25) is 0 Å². The first kappa shape index (κ1) is 14.3. The summed E-state index contributed by atoms with van der Waals surface area (Å²) in [5.41, 5.74) is 1.20. The number of hydrogen-bond acceptors (Lipinski definition) is 5. The molecule has 0 saturated carbocycles. The second-order valence-electron chi connectivity index (χ2n) is 5.49. The van der Waals surface area contributed by atoms with Crippen LogP contribution in [0.15, 0.2) is 5.38 Å². The predicted octanol–water partition coefficient (Wildman–Crippen LogP) is 3.02. The maximum Gasteiger partial charge on any atom is 0.306 e. The number of aromatic nitrogens is 1. The zero-order valence-corrected chi connectivity index (χ0v) is 12.8. The lowest BCUT2D eigenvalue weighted by atomic mass is 10.0. The van der Waals surface area contributed by atoms with E-state index in [0.29, 0.717) is 19.4 Å². The minimum Gasteiger partial charge on any atom is -0.466 e. The number of anilines is 1. The van der Waals surface area contributed by atoms with Crippen LogP contribution in [0, 0.1) is 0 Å². The second kappa shape index (κ2) is 5.90. The number of esters is 1. The van der Waals surface area contributed by atoms with Crippen molar-refractivity contribution in [3.63, 3.8) is 0 Å². The quantitative estimate of drug-likeness (QED) is 0.779. The van der Waals surface area contributed by atoms with E-state index in [4.69, 9.17) is 4.74 Å². The van der Waals surface area contributed by atoms with Gasteiger partial charge in [0.15, 0.2) is 5.13 Å². The summed E-state index contributed by atoms with van der Waals surface area (Å²) in [5, 5.41) is 3.14. The molecular weight excluding hydrogens is 260 g/mol. The van der Waals surface area contributed by atoms with Crippen molar-refractivity contribution < 1.29 is 9.53 Å². The SMILES string of the molecule is CCOC(=O)CCc1csc(N2CCCC2(C)C)n1. The molecule has 0 spiro atoms. The lowest BCUT2D eigenvalue weighted by Crippen LogP contribution is -2.38. The molecule has 1 aromatic rings. The van der Waals surface area contributed by atoms with Crippen LogP contribution in [0.2, 0.25) is 0 Å². The summed E-state index contributed by atoms with van der Waals surface area (Å²) in [6, 6.07) is 0. The molecule has 1 aromatic heterocycles. The Bertz CT molecular complexity index is 442. The molecule has 0 amide bonds. The monoisotopic (exact) mass is 282 g/mol. The number of carbonyl (C=O) groups is 1. The number of rotatable bonds is 5. The first-order chi connectivity index (χ1) is 9.03. The molecule has 0 aromatic carbocycles. The second-order valence-corrected chi connectivity index (χ2v) is 6.33.